The molecule has 2 N–H and O–H groups in total. The van der Waals surface area contributed by atoms with Crippen LogP contribution in [0.5, 0.6) is 0 Å². The van der Waals surface area contributed by atoms with Gasteiger partial charge in [0.05, 0.1) is 11.4 Å². The molecule has 2 heterocycles. The lowest BCUT2D eigenvalue weighted by molar-refractivity contribution is -0.124. The number of imidazole rings is 1. The van der Waals surface area contributed by atoms with Crippen LogP contribution in [0.3, 0.4) is 0 Å². The van der Waals surface area contributed by atoms with E-state index in [1.165, 1.54) is 24.6 Å². The molecule has 6 heteroatoms. The van der Waals surface area contributed by atoms with Crippen LogP contribution in [0.4, 0.5) is 0 Å². The molecule has 26 heavy (non-hydrogen) atoms. The summed E-state index contributed by atoms with van der Waals surface area (Å²) in [4.78, 5) is 18.4. The van der Waals surface area contributed by atoms with Gasteiger partial charge in [-0.3, -0.25) is 10.0 Å². The fourth-order valence-electron chi connectivity index (χ4n) is 2.94. The highest BCUT2D eigenvalue weighted by molar-refractivity contribution is 5.90. The summed E-state index contributed by atoms with van der Waals surface area (Å²) in [6.07, 6.45) is 7.31. The lowest BCUT2D eigenvalue weighted by atomic mass is 9.90. The Balaban J connectivity index is 2.42. The number of fused-ring (bicyclic) bond motifs is 1. The number of rotatable bonds is 7. The molecule has 6 nitrogen and oxygen atoms in total. The Kier molecular flexibility index (Phi) is 6.56. The maximum absolute atomic E-state index is 11.2. The Labute approximate surface area is 155 Å². The molecule has 0 bridgehead atoms. The summed E-state index contributed by atoms with van der Waals surface area (Å²) in [6.45, 7) is 10.6. The van der Waals surface area contributed by atoms with Crippen molar-refractivity contribution in [2.75, 3.05) is 13.6 Å². The number of amides is 1. The molecule has 0 saturated heterocycles. The fraction of sp³-hybridized carbons (Fsp3) is 0.500. The summed E-state index contributed by atoms with van der Waals surface area (Å²) >= 11 is 0. The van der Waals surface area contributed by atoms with Crippen molar-refractivity contribution < 1.29 is 10.0 Å². The van der Waals surface area contributed by atoms with E-state index < -0.39 is 5.91 Å². The lowest BCUT2D eigenvalue weighted by Crippen LogP contribution is -2.23. The summed E-state index contributed by atoms with van der Waals surface area (Å²) in [6, 6.07) is 3.89. The Bertz CT molecular complexity index is 787. The van der Waals surface area contributed by atoms with Crippen LogP contribution in [0, 0.1) is 0 Å². The molecule has 2 aromatic rings. The van der Waals surface area contributed by atoms with Gasteiger partial charge < -0.3 is 9.30 Å². The van der Waals surface area contributed by atoms with Crippen molar-refractivity contribution >= 4 is 17.6 Å². The van der Waals surface area contributed by atoms with Crippen LogP contribution in [-0.4, -0.2) is 39.0 Å². The van der Waals surface area contributed by atoms with Gasteiger partial charge in [0.25, 0.3) is 5.91 Å². The SMILES string of the molecule is CCCCN(C)Cc1c(C(C)(C)C)nc2cc(C=CC(=O)NO)ccn12. The predicted octanol–water partition coefficient (Wildman–Crippen LogP) is 3.38. The highest BCUT2D eigenvalue weighted by Gasteiger charge is 2.24. The van der Waals surface area contributed by atoms with Crippen LogP contribution >= 0.6 is 0 Å². The standard InChI is InChI=1S/C20H30N4O2/c1-6-7-11-23(5)14-16-19(20(2,3)4)21-17-13-15(10-12-24(16)17)8-9-18(25)22-26/h8-10,12-13,26H,6-7,11,14H2,1-5H3,(H,22,25). The molecule has 0 atom stereocenters. The van der Waals surface area contributed by atoms with Crippen LogP contribution in [0.25, 0.3) is 11.7 Å². The van der Waals surface area contributed by atoms with Crippen LogP contribution in [0.1, 0.15) is 57.5 Å². The highest BCUT2D eigenvalue weighted by Crippen LogP contribution is 2.27. The summed E-state index contributed by atoms with van der Waals surface area (Å²) in [5, 5.41) is 8.59. The van der Waals surface area contributed by atoms with E-state index in [-0.39, 0.29) is 5.41 Å². The summed E-state index contributed by atoms with van der Waals surface area (Å²) in [5.74, 6) is -0.554. The van der Waals surface area contributed by atoms with Crippen LogP contribution in [0.2, 0.25) is 0 Å². The molecule has 2 aromatic heterocycles. The molecule has 2 rings (SSSR count). The highest BCUT2D eigenvalue weighted by atomic mass is 16.5. The van der Waals surface area contributed by atoms with Gasteiger partial charge in [-0.05, 0) is 43.8 Å². The van der Waals surface area contributed by atoms with E-state index in [1.807, 2.05) is 18.3 Å². The monoisotopic (exact) mass is 358 g/mol. The minimum absolute atomic E-state index is 0.0558. The maximum atomic E-state index is 11.2. The normalized spacial score (nSPS) is 12.4. The molecule has 0 spiro atoms. The molecule has 0 aliphatic heterocycles. The number of hydrogen-bond acceptors (Lipinski definition) is 4. The molecular weight excluding hydrogens is 328 g/mol. The van der Waals surface area contributed by atoms with Crippen molar-refractivity contribution in [3.05, 3.63) is 41.4 Å². The second-order valence-electron chi connectivity index (χ2n) is 7.75. The van der Waals surface area contributed by atoms with E-state index in [1.54, 1.807) is 11.6 Å². The van der Waals surface area contributed by atoms with E-state index in [0.717, 1.165) is 30.0 Å². The van der Waals surface area contributed by atoms with Gasteiger partial charge in [0.1, 0.15) is 5.65 Å². The zero-order valence-electron chi connectivity index (χ0n) is 16.4. The number of nitrogens with zero attached hydrogens (tertiary/aromatic N) is 3. The maximum Gasteiger partial charge on any atom is 0.267 e. The second kappa shape index (κ2) is 8.47. The van der Waals surface area contributed by atoms with Crippen molar-refractivity contribution in [3.63, 3.8) is 0 Å². The molecule has 0 aromatic carbocycles. The molecule has 0 aliphatic rings. The van der Waals surface area contributed by atoms with E-state index in [2.05, 4.69) is 44.0 Å². The first-order chi connectivity index (χ1) is 12.3. The van der Waals surface area contributed by atoms with Crippen molar-refractivity contribution in [1.29, 1.82) is 0 Å². The Morgan fingerprint density at radius 2 is 2.15 bits per heavy atom. The third kappa shape index (κ3) is 4.93. The van der Waals surface area contributed by atoms with Crippen molar-refractivity contribution in [3.8, 4) is 0 Å². The van der Waals surface area contributed by atoms with E-state index >= 15 is 0 Å². The number of unbranched alkanes of at least 4 members (excludes halogenated alkanes) is 1. The van der Waals surface area contributed by atoms with Crippen LogP contribution < -0.4 is 5.48 Å². The Morgan fingerprint density at radius 1 is 1.42 bits per heavy atom. The zero-order valence-corrected chi connectivity index (χ0v) is 16.4. The molecule has 0 aliphatic carbocycles. The number of carbonyl (C=O) groups excluding carboxylic acids is 1. The molecule has 0 fully saturated rings. The van der Waals surface area contributed by atoms with Gasteiger partial charge >= 0.3 is 0 Å². The van der Waals surface area contributed by atoms with Gasteiger partial charge in [-0.25, -0.2) is 10.5 Å². The quantitative estimate of drug-likeness (QED) is 0.452. The van der Waals surface area contributed by atoms with Gasteiger partial charge in [-0.2, -0.15) is 0 Å². The molecule has 0 saturated carbocycles. The van der Waals surface area contributed by atoms with Crippen molar-refractivity contribution in [1.82, 2.24) is 19.8 Å². The number of hydrogen-bond donors (Lipinski definition) is 2. The number of aromatic nitrogens is 2. The lowest BCUT2D eigenvalue weighted by Gasteiger charge is -2.21. The first-order valence-electron chi connectivity index (χ1n) is 9.08. The Morgan fingerprint density at radius 3 is 2.77 bits per heavy atom. The van der Waals surface area contributed by atoms with E-state index in [4.69, 9.17) is 10.2 Å². The summed E-state index contributed by atoms with van der Waals surface area (Å²) < 4.78 is 2.13. The van der Waals surface area contributed by atoms with Gasteiger partial charge in [-0.15, -0.1) is 0 Å². The largest absolute Gasteiger partial charge is 0.302 e. The van der Waals surface area contributed by atoms with Gasteiger partial charge in [-0.1, -0.05) is 34.1 Å². The van der Waals surface area contributed by atoms with Gasteiger partial charge in [0, 0.05) is 24.2 Å². The first kappa shape index (κ1) is 20.1. The number of pyridine rings is 1. The third-order valence-electron chi connectivity index (χ3n) is 4.31. The van der Waals surface area contributed by atoms with Crippen LogP contribution in [0.15, 0.2) is 24.4 Å². The average molecular weight is 358 g/mol. The molecule has 142 valence electrons. The fourth-order valence-corrected chi connectivity index (χ4v) is 2.94. The zero-order chi connectivity index (χ0) is 19.3. The third-order valence-corrected chi connectivity index (χ3v) is 4.31. The number of nitrogens with one attached hydrogen (secondary N) is 1. The number of hydroxylamine groups is 1. The molecule has 0 radical (unpaired) electrons. The Hall–Kier alpha value is -2.18. The minimum atomic E-state index is -0.554. The topological polar surface area (TPSA) is 69.9 Å². The van der Waals surface area contributed by atoms with E-state index in [9.17, 15) is 4.79 Å². The van der Waals surface area contributed by atoms with E-state index in [0.29, 0.717) is 0 Å². The van der Waals surface area contributed by atoms with Crippen molar-refractivity contribution in [2.45, 2.75) is 52.5 Å². The van der Waals surface area contributed by atoms with Crippen molar-refractivity contribution in [2.24, 2.45) is 0 Å². The summed E-state index contributed by atoms with van der Waals surface area (Å²) in [7, 11) is 2.14. The second-order valence-corrected chi connectivity index (χ2v) is 7.75. The minimum Gasteiger partial charge on any atom is -0.302 e. The molecular formula is C20H30N4O2. The molecule has 1 amide bonds. The summed E-state index contributed by atoms with van der Waals surface area (Å²) in [5.41, 5.74) is 5.55. The molecule has 0 unspecified atom stereocenters. The smallest absolute Gasteiger partial charge is 0.267 e. The predicted molar refractivity (Wildman–Crippen MR) is 104 cm³/mol. The number of carbonyl (C=O) groups is 1. The first-order valence-corrected chi connectivity index (χ1v) is 9.08. The van der Waals surface area contributed by atoms with Crippen LogP contribution in [-0.2, 0) is 16.8 Å². The van der Waals surface area contributed by atoms with Gasteiger partial charge in [0.15, 0.2) is 0 Å². The average Bonchev–Trinajstić information content (AvgIpc) is 2.95. The van der Waals surface area contributed by atoms with Gasteiger partial charge in [0.2, 0.25) is 0 Å².